The molecule has 0 aliphatic rings. The Morgan fingerprint density at radius 2 is 2.15 bits per heavy atom. The topological polar surface area (TPSA) is 69.4 Å². The summed E-state index contributed by atoms with van der Waals surface area (Å²) in [5, 5.41) is 5.55. The molecule has 2 rings (SSSR count). The molecule has 0 spiro atoms. The Morgan fingerprint density at radius 1 is 1.30 bits per heavy atom. The second-order valence-electron chi connectivity index (χ2n) is 4.62. The van der Waals surface area contributed by atoms with Crippen LogP contribution in [0.4, 0.5) is 5.82 Å². The molecule has 5 nitrogen and oxygen atoms in total. The van der Waals surface area contributed by atoms with Crippen LogP contribution in [-0.4, -0.2) is 38.4 Å². The van der Waals surface area contributed by atoms with Gasteiger partial charge in [0.15, 0.2) is 0 Å². The molecule has 1 atom stereocenters. The highest BCUT2D eigenvalue weighted by atomic mass is 16.5. The summed E-state index contributed by atoms with van der Waals surface area (Å²) in [6.45, 7) is 1.21. The van der Waals surface area contributed by atoms with Gasteiger partial charge in [0.1, 0.15) is 11.6 Å². The first-order valence-corrected chi connectivity index (χ1v) is 6.66. The monoisotopic (exact) mass is 275 g/mol. The lowest BCUT2D eigenvalue weighted by molar-refractivity contribution is 0.183. The van der Waals surface area contributed by atoms with Crippen LogP contribution in [0.5, 0.6) is 5.75 Å². The van der Waals surface area contributed by atoms with E-state index in [1.54, 1.807) is 20.4 Å². The highest BCUT2D eigenvalue weighted by Crippen LogP contribution is 2.25. The summed E-state index contributed by atoms with van der Waals surface area (Å²) in [5.74, 6) is 1.69. The summed E-state index contributed by atoms with van der Waals surface area (Å²) in [5.41, 5.74) is 5.63. The van der Waals surface area contributed by atoms with Crippen LogP contribution in [0.15, 0.2) is 30.5 Å². The van der Waals surface area contributed by atoms with E-state index < -0.39 is 0 Å². The number of benzene rings is 1. The minimum Gasteiger partial charge on any atom is -0.497 e. The van der Waals surface area contributed by atoms with Crippen molar-refractivity contribution in [1.29, 1.82) is 0 Å². The number of nitrogens with zero attached hydrogens (tertiary/aromatic N) is 1. The fraction of sp³-hybridized carbons (Fsp3) is 0.400. The summed E-state index contributed by atoms with van der Waals surface area (Å²) in [6.07, 6.45) is 2.62. The number of nitrogens with one attached hydrogen (secondary N) is 1. The number of hydrogen-bond donors (Lipinski definition) is 2. The Kier molecular flexibility index (Phi) is 5.15. The maximum absolute atomic E-state index is 5.63. The standard InChI is InChI=1S/C15H21N3O2/c1-19-10-12(5-7-16)18-15-14-4-3-13(20-2)9-11(14)6-8-17-15/h3-4,6,8-9,12H,5,7,10,16H2,1-2H3,(H,17,18). The van der Waals surface area contributed by atoms with Crippen LogP contribution >= 0.6 is 0 Å². The van der Waals surface area contributed by atoms with Crippen LogP contribution in [0.3, 0.4) is 0 Å². The Labute approximate surface area is 119 Å². The molecule has 1 aromatic heterocycles. The zero-order valence-corrected chi connectivity index (χ0v) is 11.9. The van der Waals surface area contributed by atoms with Gasteiger partial charge in [-0.2, -0.15) is 0 Å². The molecular formula is C15H21N3O2. The van der Waals surface area contributed by atoms with E-state index in [2.05, 4.69) is 10.3 Å². The van der Waals surface area contributed by atoms with E-state index in [0.29, 0.717) is 13.2 Å². The number of nitrogens with two attached hydrogens (primary N) is 1. The minimum absolute atomic E-state index is 0.158. The van der Waals surface area contributed by atoms with Gasteiger partial charge in [-0.1, -0.05) is 0 Å². The molecule has 0 radical (unpaired) electrons. The maximum atomic E-state index is 5.63. The Balaban J connectivity index is 2.29. The van der Waals surface area contributed by atoms with E-state index in [0.717, 1.165) is 28.8 Å². The molecule has 0 aliphatic carbocycles. The molecule has 3 N–H and O–H groups in total. The van der Waals surface area contributed by atoms with Gasteiger partial charge in [0.25, 0.3) is 0 Å². The van der Waals surface area contributed by atoms with Crippen LogP contribution in [0.25, 0.3) is 10.8 Å². The molecule has 0 amide bonds. The zero-order chi connectivity index (χ0) is 14.4. The van der Waals surface area contributed by atoms with Gasteiger partial charge in [-0.25, -0.2) is 4.98 Å². The molecule has 0 aliphatic heterocycles. The van der Waals surface area contributed by atoms with E-state index in [4.69, 9.17) is 15.2 Å². The second-order valence-corrected chi connectivity index (χ2v) is 4.62. The molecule has 1 aromatic carbocycles. The normalized spacial score (nSPS) is 12.3. The fourth-order valence-electron chi connectivity index (χ4n) is 2.19. The number of hydrogen-bond acceptors (Lipinski definition) is 5. The average Bonchev–Trinajstić information content (AvgIpc) is 2.47. The molecule has 108 valence electrons. The van der Waals surface area contributed by atoms with E-state index in [1.807, 2.05) is 24.3 Å². The minimum atomic E-state index is 0.158. The van der Waals surface area contributed by atoms with E-state index in [9.17, 15) is 0 Å². The fourth-order valence-corrected chi connectivity index (χ4v) is 2.19. The Morgan fingerprint density at radius 3 is 2.85 bits per heavy atom. The third kappa shape index (κ3) is 3.37. The van der Waals surface area contributed by atoms with Crippen molar-refractivity contribution in [2.45, 2.75) is 12.5 Å². The lowest BCUT2D eigenvalue weighted by Gasteiger charge is -2.19. The zero-order valence-electron chi connectivity index (χ0n) is 11.9. The second kappa shape index (κ2) is 7.07. The number of aromatic nitrogens is 1. The largest absolute Gasteiger partial charge is 0.497 e. The van der Waals surface area contributed by atoms with Gasteiger partial charge < -0.3 is 20.5 Å². The van der Waals surface area contributed by atoms with Gasteiger partial charge in [0, 0.05) is 18.7 Å². The number of ether oxygens (including phenoxy) is 2. The smallest absolute Gasteiger partial charge is 0.134 e. The van der Waals surface area contributed by atoms with Crippen LogP contribution in [0, 0.1) is 0 Å². The summed E-state index contributed by atoms with van der Waals surface area (Å²) in [4.78, 5) is 4.42. The van der Waals surface area contributed by atoms with Gasteiger partial charge in [-0.3, -0.25) is 0 Å². The van der Waals surface area contributed by atoms with Crippen molar-refractivity contribution >= 4 is 16.6 Å². The summed E-state index contributed by atoms with van der Waals surface area (Å²) in [7, 11) is 3.35. The molecule has 0 fully saturated rings. The van der Waals surface area contributed by atoms with Crippen molar-refractivity contribution in [2.75, 3.05) is 32.7 Å². The van der Waals surface area contributed by atoms with Crippen molar-refractivity contribution in [3.63, 3.8) is 0 Å². The van der Waals surface area contributed by atoms with Crippen LogP contribution in [0.1, 0.15) is 6.42 Å². The van der Waals surface area contributed by atoms with E-state index >= 15 is 0 Å². The number of fused-ring (bicyclic) bond motifs is 1. The van der Waals surface area contributed by atoms with Crippen LogP contribution in [0.2, 0.25) is 0 Å². The third-order valence-corrected chi connectivity index (χ3v) is 3.20. The summed E-state index contributed by atoms with van der Waals surface area (Å²) < 4.78 is 10.5. The number of pyridine rings is 1. The quantitative estimate of drug-likeness (QED) is 0.809. The lowest BCUT2D eigenvalue weighted by atomic mass is 10.1. The number of anilines is 1. The number of rotatable bonds is 7. The molecular weight excluding hydrogens is 254 g/mol. The predicted molar refractivity (Wildman–Crippen MR) is 81.3 cm³/mol. The van der Waals surface area contributed by atoms with Crippen molar-refractivity contribution in [2.24, 2.45) is 5.73 Å². The number of methoxy groups -OCH3 is 2. The molecule has 5 heteroatoms. The molecule has 20 heavy (non-hydrogen) atoms. The van der Waals surface area contributed by atoms with Gasteiger partial charge in [0.05, 0.1) is 19.8 Å². The Bertz CT molecular complexity index is 554. The van der Waals surface area contributed by atoms with E-state index in [1.165, 1.54) is 0 Å². The highest BCUT2D eigenvalue weighted by Gasteiger charge is 2.10. The van der Waals surface area contributed by atoms with Gasteiger partial charge in [-0.15, -0.1) is 0 Å². The maximum Gasteiger partial charge on any atom is 0.134 e. The third-order valence-electron chi connectivity index (χ3n) is 3.20. The van der Waals surface area contributed by atoms with Crippen molar-refractivity contribution in [3.05, 3.63) is 30.5 Å². The van der Waals surface area contributed by atoms with Gasteiger partial charge in [-0.05, 0) is 42.6 Å². The molecule has 2 aromatic rings. The molecule has 1 heterocycles. The van der Waals surface area contributed by atoms with Crippen molar-refractivity contribution in [1.82, 2.24) is 4.98 Å². The van der Waals surface area contributed by atoms with Crippen molar-refractivity contribution in [3.8, 4) is 5.75 Å². The van der Waals surface area contributed by atoms with Crippen molar-refractivity contribution < 1.29 is 9.47 Å². The first-order chi connectivity index (χ1) is 9.78. The van der Waals surface area contributed by atoms with Gasteiger partial charge in [0.2, 0.25) is 0 Å². The highest BCUT2D eigenvalue weighted by molar-refractivity contribution is 5.92. The lowest BCUT2D eigenvalue weighted by Crippen LogP contribution is -2.28. The van der Waals surface area contributed by atoms with Crippen LogP contribution < -0.4 is 15.8 Å². The molecule has 0 bridgehead atoms. The van der Waals surface area contributed by atoms with Crippen LogP contribution in [-0.2, 0) is 4.74 Å². The van der Waals surface area contributed by atoms with E-state index in [-0.39, 0.29) is 6.04 Å². The Hall–Kier alpha value is -1.85. The molecule has 0 saturated carbocycles. The predicted octanol–water partition coefficient (Wildman–Crippen LogP) is 2.02. The molecule has 0 saturated heterocycles. The first-order valence-electron chi connectivity index (χ1n) is 6.66. The average molecular weight is 275 g/mol. The SMILES string of the molecule is COCC(CCN)Nc1nccc2cc(OC)ccc12. The summed E-state index contributed by atoms with van der Waals surface area (Å²) in [6, 6.07) is 8.07. The molecule has 1 unspecified atom stereocenters. The summed E-state index contributed by atoms with van der Waals surface area (Å²) >= 11 is 0. The first kappa shape index (κ1) is 14.6. The van der Waals surface area contributed by atoms with Gasteiger partial charge >= 0.3 is 0 Å².